The van der Waals surface area contributed by atoms with Crippen molar-refractivity contribution >= 4 is 21.9 Å². The van der Waals surface area contributed by atoms with Gasteiger partial charge in [0.15, 0.2) is 0 Å². The molecule has 4 aromatic carbocycles. The third-order valence-electron chi connectivity index (χ3n) is 6.46. The SMILES string of the molecule is CC(C)c1ccnc(-c2[c-]cc3c(c2)oc2c(-c4ccc(-c5ccccc5)cc4)cccc23)c1.[Ir]. The molecule has 6 aromatic rings. The fourth-order valence-electron chi connectivity index (χ4n) is 4.54. The van der Waals surface area contributed by atoms with Crippen LogP contribution < -0.4 is 0 Å². The Hall–Kier alpha value is -3.52. The number of pyridine rings is 1. The smallest absolute Gasteiger partial charge is 0.131 e. The summed E-state index contributed by atoms with van der Waals surface area (Å²) in [6, 6.07) is 37.2. The van der Waals surface area contributed by atoms with Crippen LogP contribution in [0.2, 0.25) is 0 Å². The van der Waals surface area contributed by atoms with Crippen LogP contribution in [0.15, 0.2) is 108 Å². The molecule has 0 aliphatic rings. The van der Waals surface area contributed by atoms with Gasteiger partial charge in [0.25, 0.3) is 0 Å². The Kier molecular flexibility index (Phi) is 6.38. The predicted octanol–water partition coefficient (Wildman–Crippen LogP) is 8.90. The fourth-order valence-corrected chi connectivity index (χ4v) is 4.54. The van der Waals surface area contributed by atoms with Crippen molar-refractivity contribution in [3.8, 4) is 33.5 Å². The molecule has 0 N–H and O–H groups in total. The van der Waals surface area contributed by atoms with Crippen LogP contribution in [0.3, 0.4) is 0 Å². The maximum Gasteiger partial charge on any atom is 0.131 e. The summed E-state index contributed by atoms with van der Waals surface area (Å²) in [5.41, 5.74) is 9.55. The number of rotatable bonds is 4. The van der Waals surface area contributed by atoms with Gasteiger partial charge >= 0.3 is 0 Å². The molecule has 3 heteroatoms. The van der Waals surface area contributed by atoms with Crippen LogP contribution >= 0.6 is 0 Å². The summed E-state index contributed by atoms with van der Waals surface area (Å²) in [4.78, 5) is 4.58. The van der Waals surface area contributed by atoms with Gasteiger partial charge < -0.3 is 9.40 Å². The zero-order valence-electron chi connectivity index (χ0n) is 19.6. The average Bonchev–Trinajstić information content (AvgIpc) is 3.27. The summed E-state index contributed by atoms with van der Waals surface area (Å²) in [6.45, 7) is 4.39. The maximum atomic E-state index is 6.44. The summed E-state index contributed by atoms with van der Waals surface area (Å²) in [5, 5.41) is 2.17. The Morgan fingerprint density at radius 3 is 2.26 bits per heavy atom. The fraction of sp³-hybridized carbons (Fsp3) is 0.0938. The number of benzene rings is 4. The van der Waals surface area contributed by atoms with E-state index in [0.717, 1.165) is 44.3 Å². The van der Waals surface area contributed by atoms with Crippen molar-refractivity contribution in [2.24, 2.45) is 0 Å². The van der Waals surface area contributed by atoms with E-state index < -0.39 is 0 Å². The zero-order valence-corrected chi connectivity index (χ0v) is 22.0. The molecule has 1 radical (unpaired) electrons. The molecule has 35 heavy (non-hydrogen) atoms. The van der Waals surface area contributed by atoms with Gasteiger partial charge in [-0.2, -0.15) is 0 Å². The van der Waals surface area contributed by atoms with E-state index in [1.807, 2.05) is 18.3 Å². The summed E-state index contributed by atoms with van der Waals surface area (Å²) >= 11 is 0. The Morgan fingerprint density at radius 1 is 0.743 bits per heavy atom. The quantitative estimate of drug-likeness (QED) is 0.182. The molecule has 0 spiro atoms. The molecule has 173 valence electrons. The van der Waals surface area contributed by atoms with Crippen molar-refractivity contribution in [2.45, 2.75) is 19.8 Å². The first kappa shape index (κ1) is 23.2. The van der Waals surface area contributed by atoms with E-state index in [1.54, 1.807) is 0 Å². The average molecular weight is 631 g/mol. The number of furan rings is 1. The molecule has 0 aliphatic carbocycles. The molecule has 0 unspecified atom stereocenters. The summed E-state index contributed by atoms with van der Waals surface area (Å²) in [7, 11) is 0. The van der Waals surface area contributed by atoms with E-state index >= 15 is 0 Å². The summed E-state index contributed by atoms with van der Waals surface area (Å²) < 4.78 is 6.44. The van der Waals surface area contributed by atoms with Crippen molar-refractivity contribution in [1.82, 2.24) is 4.98 Å². The van der Waals surface area contributed by atoms with Crippen LogP contribution in [0.4, 0.5) is 0 Å². The number of fused-ring (bicyclic) bond motifs is 3. The number of aromatic nitrogens is 1. The van der Waals surface area contributed by atoms with Crippen LogP contribution in [-0.4, -0.2) is 4.98 Å². The van der Waals surface area contributed by atoms with Gasteiger partial charge in [0.1, 0.15) is 5.58 Å². The van der Waals surface area contributed by atoms with Crippen molar-refractivity contribution in [3.05, 3.63) is 115 Å². The van der Waals surface area contributed by atoms with E-state index in [2.05, 4.69) is 110 Å². The van der Waals surface area contributed by atoms with Gasteiger partial charge in [-0.15, -0.1) is 17.7 Å². The Labute approximate surface area is 219 Å². The molecule has 0 saturated heterocycles. The molecule has 0 bridgehead atoms. The molecular formula is C32H24IrNO-. The van der Waals surface area contributed by atoms with Gasteiger partial charge in [0.05, 0.1) is 5.58 Å². The van der Waals surface area contributed by atoms with Crippen LogP contribution in [0.5, 0.6) is 0 Å². The second-order valence-corrected chi connectivity index (χ2v) is 8.98. The molecule has 2 nitrogen and oxygen atoms in total. The van der Waals surface area contributed by atoms with Crippen molar-refractivity contribution < 1.29 is 24.5 Å². The van der Waals surface area contributed by atoms with Crippen molar-refractivity contribution in [2.75, 3.05) is 0 Å². The topological polar surface area (TPSA) is 26.0 Å². The third-order valence-corrected chi connectivity index (χ3v) is 6.46. The normalized spacial score (nSPS) is 11.2. The van der Waals surface area contributed by atoms with Gasteiger partial charge in [-0.05, 0) is 39.8 Å². The van der Waals surface area contributed by atoms with E-state index in [4.69, 9.17) is 4.42 Å². The summed E-state index contributed by atoms with van der Waals surface area (Å²) in [6.07, 6.45) is 1.87. The van der Waals surface area contributed by atoms with E-state index in [0.29, 0.717) is 5.92 Å². The predicted molar refractivity (Wildman–Crippen MR) is 141 cm³/mol. The standard InChI is InChI=1S/C32H24NO.Ir/c1-21(2)25-17-18-33-30(19-25)26-15-16-28-29-10-6-9-27(32(29)34-31(28)20-26)24-13-11-23(12-14-24)22-7-4-3-5-8-22;/h3-14,16-21H,1-2H3;/q-1;. The number of hydrogen-bond donors (Lipinski definition) is 0. The van der Waals surface area contributed by atoms with Crippen LogP contribution in [0.1, 0.15) is 25.3 Å². The first-order chi connectivity index (χ1) is 16.7. The van der Waals surface area contributed by atoms with Crippen molar-refractivity contribution in [1.29, 1.82) is 0 Å². The number of para-hydroxylation sites is 1. The Balaban J connectivity index is 0.00000253. The van der Waals surface area contributed by atoms with Gasteiger partial charge in [-0.1, -0.05) is 110 Å². The summed E-state index contributed by atoms with van der Waals surface area (Å²) in [5.74, 6) is 0.451. The third kappa shape index (κ3) is 4.34. The van der Waals surface area contributed by atoms with Gasteiger partial charge in [0.2, 0.25) is 0 Å². The maximum absolute atomic E-state index is 6.44. The Morgan fingerprint density at radius 2 is 1.49 bits per heavy atom. The van der Waals surface area contributed by atoms with E-state index in [1.165, 1.54) is 16.7 Å². The molecule has 0 saturated carbocycles. The first-order valence-electron chi connectivity index (χ1n) is 11.7. The second kappa shape index (κ2) is 9.62. The van der Waals surface area contributed by atoms with Crippen LogP contribution in [0, 0.1) is 6.07 Å². The van der Waals surface area contributed by atoms with Crippen LogP contribution in [0.25, 0.3) is 55.4 Å². The zero-order chi connectivity index (χ0) is 23.1. The van der Waals surface area contributed by atoms with Crippen LogP contribution in [-0.2, 0) is 20.1 Å². The molecule has 0 fully saturated rings. The molecule has 2 aromatic heterocycles. The number of hydrogen-bond acceptors (Lipinski definition) is 2. The molecule has 0 amide bonds. The van der Waals surface area contributed by atoms with Gasteiger partial charge in [-0.25, -0.2) is 0 Å². The molecule has 0 atom stereocenters. The van der Waals surface area contributed by atoms with Crippen molar-refractivity contribution in [3.63, 3.8) is 0 Å². The second-order valence-electron chi connectivity index (χ2n) is 8.98. The van der Waals surface area contributed by atoms with E-state index in [-0.39, 0.29) is 20.1 Å². The Bertz CT molecular complexity index is 1620. The first-order valence-corrected chi connectivity index (χ1v) is 11.7. The molecule has 0 aliphatic heterocycles. The molecule has 6 rings (SSSR count). The van der Waals surface area contributed by atoms with Gasteiger partial charge in [0, 0.05) is 31.9 Å². The minimum Gasteiger partial charge on any atom is -0.476 e. The largest absolute Gasteiger partial charge is 0.476 e. The number of nitrogens with zero attached hydrogens (tertiary/aromatic N) is 1. The van der Waals surface area contributed by atoms with Gasteiger partial charge in [-0.3, -0.25) is 0 Å². The monoisotopic (exact) mass is 631 g/mol. The molecule has 2 heterocycles. The molecular weight excluding hydrogens is 607 g/mol. The minimum absolute atomic E-state index is 0. The van der Waals surface area contributed by atoms with E-state index in [9.17, 15) is 0 Å². The minimum atomic E-state index is 0.